The third kappa shape index (κ3) is 5.19. The lowest BCUT2D eigenvalue weighted by molar-refractivity contribution is 0.0948. The summed E-state index contributed by atoms with van der Waals surface area (Å²) in [5.41, 5.74) is 1.45. The van der Waals surface area contributed by atoms with Crippen LogP contribution >= 0.6 is 12.4 Å². The quantitative estimate of drug-likeness (QED) is 0.675. The van der Waals surface area contributed by atoms with Gasteiger partial charge < -0.3 is 10.6 Å². The molecule has 1 aromatic heterocycles. The Hall–Kier alpha value is -1.07. The molecule has 98 valence electrons. The third-order valence-electron chi connectivity index (χ3n) is 2.34. The van der Waals surface area contributed by atoms with Crippen LogP contribution in [0.5, 0.6) is 0 Å². The number of H-pyrrole nitrogens is 1. The van der Waals surface area contributed by atoms with E-state index in [0.29, 0.717) is 18.2 Å². The summed E-state index contributed by atoms with van der Waals surface area (Å²) in [6.07, 6.45) is 0.920. The van der Waals surface area contributed by atoms with Crippen LogP contribution < -0.4 is 10.6 Å². The van der Waals surface area contributed by atoms with Crippen LogP contribution in [0.1, 0.15) is 42.4 Å². The molecule has 0 radical (unpaired) electrons. The average molecular weight is 261 g/mol. The Morgan fingerprint density at radius 1 is 1.47 bits per heavy atom. The summed E-state index contributed by atoms with van der Waals surface area (Å²) in [6.45, 7) is 5.69. The molecule has 0 aliphatic carbocycles. The number of halogens is 1. The standard InChI is InChI=1S/C11H20N4O.ClH/c1-8(2)9-7-10(15-14-9)11(16)13-6-4-5-12-3;/h7-8,12H,4-6H2,1-3H3,(H,13,16)(H,14,15);1H. The lowest BCUT2D eigenvalue weighted by Gasteiger charge is -2.02. The van der Waals surface area contributed by atoms with Gasteiger partial charge in [0.25, 0.3) is 5.91 Å². The number of hydrogen-bond donors (Lipinski definition) is 3. The van der Waals surface area contributed by atoms with E-state index < -0.39 is 0 Å². The first kappa shape index (κ1) is 15.9. The molecule has 0 unspecified atom stereocenters. The van der Waals surface area contributed by atoms with Crippen LogP contribution in [0.4, 0.5) is 0 Å². The van der Waals surface area contributed by atoms with E-state index in [1.165, 1.54) is 0 Å². The number of aromatic amines is 1. The fourth-order valence-corrected chi connectivity index (χ4v) is 1.31. The summed E-state index contributed by atoms with van der Waals surface area (Å²) in [6, 6.07) is 1.80. The maximum absolute atomic E-state index is 11.6. The molecule has 0 spiro atoms. The zero-order valence-corrected chi connectivity index (χ0v) is 11.4. The van der Waals surface area contributed by atoms with Gasteiger partial charge in [-0.25, -0.2) is 0 Å². The molecule has 0 aliphatic heterocycles. The maximum atomic E-state index is 11.6. The van der Waals surface area contributed by atoms with E-state index in [4.69, 9.17) is 0 Å². The van der Waals surface area contributed by atoms with Crippen molar-refractivity contribution >= 4 is 18.3 Å². The minimum absolute atomic E-state index is 0. The zero-order valence-electron chi connectivity index (χ0n) is 10.5. The number of carbonyl (C=O) groups is 1. The molecule has 0 atom stereocenters. The van der Waals surface area contributed by atoms with Crippen molar-refractivity contribution in [1.29, 1.82) is 0 Å². The second-order valence-electron chi connectivity index (χ2n) is 4.08. The highest BCUT2D eigenvalue weighted by Gasteiger charge is 2.10. The fraction of sp³-hybridized carbons (Fsp3) is 0.636. The number of nitrogens with zero attached hydrogens (tertiary/aromatic N) is 1. The monoisotopic (exact) mass is 260 g/mol. The summed E-state index contributed by atoms with van der Waals surface area (Å²) in [5.74, 6) is 0.248. The SMILES string of the molecule is CNCCCNC(=O)c1cc(C(C)C)[nH]n1.Cl. The van der Waals surface area contributed by atoms with Crippen LogP contribution in [0, 0.1) is 0 Å². The molecule has 6 heteroatoms. The second kappa shape index (κ2) is 8.08. The highest BCUT2D eigenvalue weighted by Crippen LogP contribution is 2.11. The van der Waals surface area contributed by atoms with Gasteiger partial charge in [0.2, 0.25) is 0 Å². The first-order valence-electron chi connectivity index (χ1n) is 5.63. The van der Waals surface area contributed by atoms with Crippen molar-refractivity contribution in [2.75, 3.05) is 20.1 Å². The summed E-state index contributed by atoms with van der Waals surface area (Å²) < 4.78 is 0. The molecular weight excluding hydrogens is 240 g/mol. The van der Waals surface area contributed by atoms with Crippen molar-refractivity contribution in [1.82, 2.24) is 20.8 Å². The zero-order chi connectivity index (χ0) is 12.0. The van der Waals surface area contributed by atoms with Crippen LogP contribution in [0.25, 0.3) is 0 Å². The van der Waals surface area contributed by atoms with Crippen LogP contribution in [0.2, 0.25) is 0 Å². The van der Waals surface area contributed by atoms with Gasteiger partial charge in [-0.2, -0.15) is 5.10 Å². The summed E-state index contributed by atoms with van der Waals surface area (Å²) >= 11 is 0. The second-order valence-corrected chi connectivity index (χ2v) is 4.08. The van der Waals surface area contributed by atoms with E-state index in [9.17, 15) is 4.79 Å². The van der Waals surface area contributed by atoms with Crippen molar-refractivity contribution < 1.29 is 4.79 Å². The Bertz CT molecular complexity index is 338. The van der Waals surface area contributed by atoms with Crippen LogP contribution in [-0.4, -0.2) is 36.2 Å². The molecule has 1 amide bonds. The molecule has 3 N–H and O–H groups in total. The van der Waals surface area contributed by atoms with Gasteiger partial charge in [0, 0.05) is 12.2 Å². The molecule has 1 rings (SSSR count). The molecule has 1 heterocycles. The lowest BCUT2D eigenvalue weighted by Crippen LogP contribution is -2.26. The highest BCUT2D eigenvalue weighted by molar-refractivity contribution is 5.92. The predicted molar refractivity (Wildman–Crippen MR) is 70.8 cm³/mol. The van der Waals surface area contributed by atoms with Crippen molar-refractivity contribution in [2.45, 2.75) is 26.2 Å². The molecule has 0 aliphatic rings. The third-order valence-corrected chi connectivity index (χ3v) is 2.34. The normalized spacial score (nSPS) is 10.1. The van der Waals surface area contributed by atoms with Gasteiger partial charge in [0.15, 0.2) is 0 Å². The number of nitrogens with one attached hydrogen (secondary N) is 3. The van der Waals surface area contributed by atoms with Crippen molar-refractivity contribution in [3.8, 4) is 0 Å². The van der Waals surface area contributed by atoms with E-state index in [1.54, 1.807) is 6.07 Å². The first-order chi connectivity index (χ1) is 7.65. The van der Waals surface area contributed by atoms with Gasteiger partial charge in [-0.05, 0) is 32.0 Å². The molecule has 17 heavy (non-hydrogen) atoms. The Labute approximate surface area is 108 Å². The van der Waals surface area contributed by atoms with E-state index in [1.807, 2.05) is 7.05 Å². The van der Waals surface area contributed by atoms with Gasteiger partial charge in [-0.3, -0.25) is 9.89 Å². The molecule has 0 saturated heterocycles. The van der Waals surface area contributed by atoms with E-state index in [-0.39, 0.29) is 18.3 Å². The van der Waals surface area contributed by atoms with Gasteiger partial charge in [-0.15, -0.1) is 12.4 Å². The van der Waals surface area contributed by atoms with Crippen LogP contribution in [0.15, 0.2) is 6.07 Å². The number of amides is 1. The number of hydrogen-bond acceptors (Lipinski definition) is 3. The van der Waals surface area contributed by atoms with E-state index in [0.717, 1.165) is 18.7 Å². The largest absolute Gasteiger partial charge is 0.351 e. The number of carbonyl (C=O) groups excluding carboxylic acids is 1. The highest BCUT2D eigenvalue weighted by atomic mass is 35.5. The Morgan fingerprint density at radius 3 is 2.71 bits per heavy atom. The first-order valence-corrected chi connectivity index (χ1v) is 5.63. The number of aromatic nitrogens is 2. The summed E-state index contributed by atoms with van der Waals surface area (Å²) in [7, 11) is 1.89. The molecule has 0 aromatic carbocycles. The van der Waals surface area contributed by atoms with Gasteiger partial charge in [-0.1, -0.05) is 13.8 Å². The molecule has 0 bridgehead atoms. The fourth-order valence-electron chi connectivity index (χ4n) is 1.31. The smallest absolute Gasteiger partial charge is 0.271 e. The van der Waals surface area contributed by atoms with E-state index >= 15 is 0 Å². The average Bonchev–Trinajstić information content (AvgIpc) is 2.73. The van der Waals surface area contributed by atoms with Crippen molar-refractivity contribution in [3.63, 3.8) is 0 Å². The van der Waals surface area contributed by atoms with Crippen molar-refractivity contribution in [3.05, 3.63) is 17.5 Å². The van der Waals surface area contributed by atoms with Crippen LogP contribution in [-0.2, 0) is 0 Å². The van der Waals surface area contributed by atoms with Gasteiger partial charge in [0.05, 0.1) is 0 Å². The van der Waals surface area contributed by atoms with Gasteiger partial charge in [0.1, 0.15) is 5.69 Å². The summed E-state index contributed by atoms with van der Waals surface area (Å²) in [4.78, 5) is 11.6. The van der Waals surface area contributed by atoms with Crippen LogP contribution in [0.3, 0.4) is 0 Å². The van der Waals surface area contributed by atoms with E-state index in [2.05, 4.69) is 34.7 Å². The maximum Gasteiger partial charge on any atom is 0.271 e. The Morgan fingerprint density at radius 2 is 2.18 bits per heavy atom. The number of rotatable bonds is 6. The molecule has 1 aromatic rings. The van der Waals surface area contributed by atoms with Crippen molar-refractivity contribution in [2.24, 2.45) is 0 Å². The molecule has 0 saturated carbocycles. The minimum Gasteiger partial charge on any atom is -0.351 e. The topological polar surface area (TPSA) is 69.8 Å². The molecule has 5 nitrogen and oxygen atoms in total. The lowest BCUT2D eigenvalue weighted by atomic mass is 10.1. The Balaban J connectivity index is 0.00000256. The van der Waals surface area contributed by atoms with Gasteiger partial charge >= 0.3 is 0 Å². The molecule has 0 fully saturated rings. The Kier molecular flexibility index (Phi) is 7.58. The minimum atomic E-state index is -0.112. The molecular formula is C11H21ClN4O. The summed E-state index contributed by atoms with van der Waals surface area (Å²) in [5, 5.41) is 12.7. The predicted octanol–water partition coefficient (Wildman–Crippen LogP) is 1.29.